The highest BCUT2D eigenvalue weighted by molar-refractivity contribution is 7.26. The molecule has 0 radical (unpaired) electrons. The van der Waals surface area contributed by atoms with Crippen LogP contribution in [0.1, 0.15) is 22.3 Å². The molecule has 0 saturated heterocycles. The predicted molar refractivity (Wildman–Crippen MR) is 270 cm³/mol. The van der Waals surface area contributed by atoms with Crippen molar-refractivity contribution in [2.45, 2.75) is 5.41 Å². The normalized spacial score (nSPS) is 13.2. The summed E-state index contributed by atoms with van der Waals surface area (Å²) in [6, 6.07) is 81.4. The zero-order valence-electron chi connectivity index (χ0n) is 35.0. The number of nitrogens with zero attached hydrogens (tertiary/aromatic N) is 1. The van der Waals surface area contributed by atoms with E-state index >= 15 is 0 Å². The quantitative estimate of drug-likeness (QED) is 0.173. The first-order valence-electron chi connectivity index (χ1n) is 22.2. The molecule has 304 valence electrons. The smallest absolute Gasteiger partial charge is 0.137 e. The number of para-hydroxylation sites is 1. The molecular formula is C61H37NO2S. The molecule has 3 heterocycles. The summed E-state index contributed by atoms with van der Waals surface area (Å²) < 4.78 is 16.2. The maximum Gasteiger partial charge on any atom is 0.137 e. The van der Waals surface area contributed by atoms with Crippen LogP contribution in [0.2, 0.25) is 0 Å². The van der Waals surface area contributed by atoms with E-state index in [2.05, 4.69) is 229 Å². The Balaban J connectivity index is 1.07. The van der Waals surface area contributed by atoms with Gasteiger partial charge in [0.15, 0.2) is 0 Å². The van der Waals surface area contributed by atoms with Crippen molar-refractivity contribution in [3.63, 3.8) is 0 Å². The Morgan fingerprint density at radius 1 is 0.369 bits per heavy atom. The average Bonchev–Trinajstić information content (AvgIpc) is 4.03. The molecule has 0 atom stereocenters. The van der Waals surface area contributed by atoms with Crippen LogP contribution in [0.5, 0.6) is 11.5 Å². The van der Waals surface area contributed by atoms with Crippen molar-refractivity contribution in [2.75, 3.05) is 4.90 Å². The van der Waals surface area contributed by atoms with Crippen LogP contribution in [-0.2, 0) is 5.41 Å². The summed E-state index contributed by atoms with van der Waals surface area (Å²) in [7, 11) is 0. The SMILES string of the molecule is c1ccc(-c2ccc3oc4cccc(N(c5ccc6c(c5)C5(c7ccccc7O6)c6ccccc6-c6ccccc65)c5ccc6sc7cccc(-c8ccccc8)c7c6c5)c4c3c2)cc1. The molecule has 0 saturated carbocycles. The zero-order chi connectivity index (χ0) is 42.6. The lowest BCUT2D eigenvalue weighted by Gasteiger charge is -2.40. The van der Waals surface area contributed by atoms with Crippen LogP contribution in [0.25, 0.3) is 75.5 Å². The molecule has 12 aromatic rings. The fourth-order valence-corrected chi connectivity index (χ4v) is 12.1. The number of benzene rings is 10. The third kappa shape index (κ3) is 5.23. The molecule has 0 fully saturated rings. The largest absolute Gasteiger partial charge is 0.457 e. The van der Waals surface area contributed by atoms with E-state index in [1.54, 1.807) is 0 Å². The average molecular weight is 848 g/mol. The number of furan rings is 1. The highest BCUT2D eigenvalue weighted by Crippen LogP contribution is 2.63. The van der Waals surface area contributed by atoms with Gasteiger partial charge in [-0.2, -0.15) is 0 Å². The molecular weight excluding hydrogens is 811 g/mol. The molecule has 0 unspecified atom stereocenters. The van der Waals surface area contributed by atoms with Gasteiger partial charge in [0.1, 0.15) is 22.7 Å². The Morgan fingerprint density at radius 2 is 1.02 bits per heavy atom. The summed E-state index contributed by atoms with van der Waals surface area (Å²) in [5.41, 5.74) is 16.2. The summed E-state index contributed by atoms with van der Waals surface area (Å²) in [4.78, 5) is 2.45. The first-order valence-corrected chi connectivity index (χ1v) is 23.0. The van der Waals surface area contributed by atoms with Crippen LogP contribution in [0.15, 0.2) is 229 Å². The fourth-order valence-electron chi connectivity index (χ4n) is 11.0. The number of fused-ring (bicyclic) bond motifs is 15. The minimum Gasteiger partial charge on any atom is -0.457 e. The van der Waals surface area contributed by atoms with Gasteiger partial charge in [-0.25, -0.2) is 0 Å². The van der Waals surface area contributed by atoms with Gasteiger partial charge in [0, 0.05) is 48.1 Å². The lowest BCUT2D eigenvalue weighted by Crippen LogP contribution is -2.32. The Kier molecular flexibility index (Phi) is 7.77. The van der Waals surface area contributed by atoms with Crippen LogP contribution in [0.3, 0.4) is 0 Å². The third-order valence-corrected chi connectivity index (χ3v) is 14.9. The van der Waals surface area contributed by atoms with Crippen LogP contribution >= 0.6 is 11.3 Å². The first kappa shape index (κ1) is 36.3. The van der Waals surface area contributed by atoms with Gasteiger partial charge in [0.2, 0.25) is 0 Å². The number of hydrogen-bond acceptors (Lipinski definition) is 4. The molecule has 4 heteroatoms. The van der Waals surface area contributed by atoms with E-state index in [-0.39, 0.29) is 0 Å². The van der Waals surface area contributed by atoms with E-state index in [0.29, 0.717) is 0 Å². The predicted octanol–water partition coefficient (Wildman–Crippen LogP) is 17.2. The van der Waals surface area contributed by atoms with Crippen molar-refractivity contribution in [1.82, 2.24) is 0 Å². The fraction of sp³-hybridized carbons (Fsp3) is 0.0164. The number of ether oxygens (including phenoxy) is 1. The molecule has 0 N–H and O–H groups in total. The van der Waals surface area contributed by atoms with Crippen molar-refractivity contribution < 1.29 is 9.15 Å². The summed E-state index contributed by atoms with van der Waals surface area (Å²) in [5, 5.41) is 4.63. The topological polar surface area (TPSA) is 25.6 Å². The summed E-state index contributed by atoms with van der Waals surface area (Å²) >= 11 is 1.85. The van der Waals surface area contributed by atoms with Gasteiger partial charge in [0.25, 0.3) is 0 Å². The highest BCUT2D eigenvalue weighted by Gasteiger charge is 2.51. The standard InChI is InChI=1S/C61H37NO2S/c1-3-15-38(16-4-1)40-29-32-53-46(35-40)60-52(25-14-27-56(60)63-53)62(41-31-34-57-47(36-41)59-43(21-13-28-58(59)65-57)39-17-5-2-6-18-39)42-30-33-55-51(37-42)61(50-24-11-12-26-54(50)64-55)48-22-9-7-19-44(48)45-20-8-10-23-49(45)61/h1-37H. The van der Waals surface area contributed by atoms with Crippen LogP contribution in [-0.4, -0.2) is 0 Å². The van der Waals surface area contributed by atoms with Gasteiger partial charge in [-0.3, -0.25) is 0 Å². The second kappa shape index (κ2) is 13.9. The Bertz CT molecular complexity index is 3840. The molecule has 10 aromatic carbocycles. The Hall–Kier alpha value is -8.18. The van der Waals surface area contributed by atoms with Crippen LogP contribution in [0.4, 0.5) is 17.1 Å². The molecule has 1 aliphatic carbocycles. The van der Waals surface area contributed by atoms with Crippen LogP contribution < -0.4 is 9.64 Å². The molecule has 2 aromatic heterocycles. The third-order valence-electron chi connectivity index (χ3n) is 13.7. The van der Waals surface area contributed by atoms with E-state index < -0.39 is 5.41 Å². The maximum atomic E-state index is 6.93. The van der Waals surface area contributed by atoms with Crippen molar-refractivity contribution in [1.29, 1.82) is 0 Å². The minimum atomic E-state index is -0.615. The molecule has 1 spiro atoms. The van der Waals surface area contributed by atoms with E-state index in [1.807, 2.05) is 11.3 Å². The minimum absolute atomic E-state index is 0.615. The number of hydrogen-bond donors (Lipinski definition) is 0. The number of thiophene rings is 1. The summed E-state index contributed by atoms with van der Waals surface area (Å²) in [6.07, 6.45) is 0. The van der Waals surface area contributed by atoms with E-state index in [1.165, 1.54) is 59.1 Å². The van der Waals surface area contributed by atoms with Gasteiger partial charge in [0.05, 0.1) is 16.5 Å². The van der Waals surface area contributed by atoms with Gasteiger partial charge < -0.3 is 14.1 Å². The highest BCUT2D eigenvalue weighted by atomic mass is 32.1. The van der Waals surface area contributed by atoms with E-state index in [4.69, 9.17) is 9.15 Å². The maximum absolute atomic E-state index is 6.93. The second-order valence-electron chi connectivity index (χ2n) is 17.1. The summed E-state index contributed by atoms with van der Waals surface area (Å²) in [6.45, 7) is 0. The van der Waals surface area contributed by atoms with Crippen LogP contribution in [0, 0.1) is 0 Å². The van der Waals surface area contributed by atoms with Crippen molar-refractivity contribution in [3.8, 4) is 44.9 Å². The summed E-state index contributed by atoms with van der Waals surface area (Å²) in [5.74, 6) is 1.73. The number of rotatable bonds is 5. The molecule has 2 aliphatic rings. The molecule has 0 amide bonds. The van der Waals surface area contributed by atoms with E-state index in [9.17, 15) is 0 Å². The Morgan fingerprint density at radius 3 is 1.82 bits per heavy atom. The number of anilines is 3. The van der Waals surface area contributed by atoms with Crippen molar-refractivity contribution in [2.24, 2.45) is 0 Å². The van der Waals surface area contributed by atoms with Gasteiger partial charge in [-0.15, -0.1) is 11.3 Å². The van der Waals surface area contributed by atoms with E-state index in [0.717, 1.165) is 67.2 Å². The molecule has 65 heavy (non-hydrogen) atoms. The molecule has 14 rings (SSSR count). The zero-order valence-corrected chi connectivity index (χ0v) is 35.9. The molecule has 3 nitrogen and oxygen atoms in total. The van der Waals surface area contributed by atoms with Gasteiger partial charge in [-0.1, -0.05) is 152 Å². The van der Waals surface area contributed by atoms with Gasteiger partial charge >= 0.3 is 0 Å². The van der Waals surface area contributed by atoms with Gasteiger partial charge in [-0.05, 0) is 117 Å². The monoisotopic (exact) mass is 847 g/mol. The lowest BCUT2D eigenvalue weighted by molar-refractivity contribution is 0.436. The second-order valence-corrected chi connectivity index (χ2v) is 18.2. The molecule has 0 bridgehead atoms. The van der Waals surface area contributed by atoms with Crippen molar-refractivity contribution >= 4 is 70.5 Å². The lowest BCUT2D eigenvalue weighted by atomic mass is 9.66. The Labute approximate surface area is 379 Å². The molecule has 1 aliphatic heterocycles. The van der Waals surface area contributed by atoms with Crippen molar-refractivity contribution in [3.05, 3.63) is 247 Å². The first-order chi connectivity index (χ1) is 32.2.